The van der Waals surface area contributed by atoms with Gasteiger partial charge in [-0.3, -0.25) is 4.79 Å². The Balaban J connectivity index is 1.51. The molecule has 1 saturated heterocycles. The number of rotatable bonds is 5. The standard InChI is InChI=1S/C20H23N3O3/c1-14-5-2-7-16(11-14)23-20(25)21-13-15-6-3-8-17(12-15)22-19(24)18-9-4-10-26-18/h2-3,5-8,11-12,18H,4,9-10,13H2,1H3,(H,22,24)(H2,21,23,25). The van der Waals surface area contributed by atoms with Gasteiger partial charge in [0.2, 0.25) is 0 Å². The second-order valence-corrected chi connectivity index (χ2v) is 6.37. The first-order valence-electron chi connectivity index (χ1n) is 8.73. The van der Waals surface area contributed by atoms with Crippen molar-refractivity contribution in [3.8, 4) is 0 Å². The zero-order valence-corrected chi connectivity index (χ0v) is 14.7. The van der Waals surface area contributed by atoms with Crippen LogP contribution in [0, 0.1) is 6.92 Å². The Bertz CT molecular complexity index is 785. The van der Waals surface area contributed by atoms with Crippen LogP contribution in [0.4, 0.5) is 16.2 Å². The van der Waals surface area contributed by atoms with Crippen molar-refractivity contribution in [1.29, 1.82) is 0 Å². The van der Waals surface area contributed by atoms with Crippen molar-refractivity contribution in [1.82, 2.24) is 5.32 Å². The molecule has 1 atom stereocenters. The number of ether oxygens (including phenoxy) is 1. The first-order chi connectivity index (χ1) is 12.6. The van der Waals surface area contributed by atoms with Crippen LogP contribution in [0.15, 0.2) is 48.5 Å². The molecule has 1 heterocycles. The first kappa shape index (κ1) is 17.9. The third kappa shape index (κ3) is 5.07. The van der Waals surface area contributed by atoms with Crippen molar-refractivity contribution < 1.29 is 14.3 Å². The number of hydrogen-bond donors (Lipinski definition) is 3. The summed E-state index contributed by atoms with van der Waals surface area (Å²) < 4.78 is 5.38. The number of aryl methyl sites for hydroxylation is 1. The van der Waals surface area contributed by atoms with Gasteiger partial charge >= 0.3 is 6.03 Å². The van der Waals surface area contributed by atoms with Crippen LogP contribution in [0.25, 0.3) is 0 Å². The molecule has 3 amide bonds. The summed E-state index contributed by atoms with van der Waals surface area (Å²) in [5, 5.41) is 8.48. The topological polar surface area (TPSA) is 79.5 Å². The van der Waals surface area contributed by atoms with E-state index >= 15 is 0 Å². The van der Waals surface area contributed by atoms with Gasteiger partial charge in [0, 0.05) is 24.5 Å². The maximum Gasteiger partial charge on any atom is 0.319 e. The van der Waals surface area contributed by atoms with Crippen molar-refractivity contribution in [3.05, 3.63) is 59.7 Å². The lowest BCUT2D eigenvalue weighted by Crippen LogP contribution is -2.28. The summed E-state index contributed by atoms with van der Waals surface area (Å²) >= 11 is 0. The molecule has 1 unspecified atom stereocenters. The van der Waals surface area contributed by atoms with Crippen LogP contribution in [0.3, 0.4) is 0 Å². The summed E-state index contributed by atoms with van der Waals surface area (Å²) in [5.41, 5.74) is 3.43. The highest BCUT2D eigenvalue weighted by molar-refractivity contribution is 5.94. The van der Waals surface area contributed by atoms with Crippen LogP contribution in [0.1, 0.15) is 24.0 Å². The van der Waals surface area contributed by atoms with Gasteiger partial charge in [0.1, 0.15) is 6.10 Å². The van der Waals surface area contributed by atoms with Gasteiger partial charge in [0.05, 0.1) is 0 Å². The Morgan fingerprint density at radius 1 is 1.08 bits per heavy atom. The molecule has 6 heteroatoms. The SMILES string of the molecule is Cc1cccc(NC(=O)NCc2cccc(NC(=O)C3CCCO3)c2)c1. The minimum Gasteiger partial charge on any atom is -0.368 e. The van der Waals surface area contributed by atoms with E-state index in [4.69, 9.17) is 4.74 Å². The zero-order chi connectivity index (χ0) is 18.4. The van der Waals surface area contributed by atoms with Gasteiger partial charge in [-0.05, 0) is 55.2 Å². The van der Waals surface area contributed by atoms with Gasteiger partial charge in [-0.2, -0.15) is 0 Å². The first-order valence-corrected chi connectivity index (χ1v) is 8.73. The van der Waals surface area contributed by atoms with E-state index in [1.807, 2.05) is 55.5 Å². The van der Waals surface area contributed by atoms with Gasteiger partial charge in [0.15, 0.2) is 0 Å². The van der Waals surface area contributed by atoms with E-state index in [2.05, 4.69) is 16.0 Å². The molecule has 136 valence electrons. The number of amides is 3. The molecule has 3 N–H and O–H groups in total. The summed E-state index contributed by atoms with van der Waals surface area (Å²) in [6.45, 7) is 2.97. The van der Waals surface area contributed by atoms with E-state index in [0.717, 1.165) is 29.7 Å². The lowest BCUT2D eigenvalue weighted by molar-refractivity contribution is -0.124. The predicted octanol–water partition coefficient (Wildman–Crippen LogP) is 3.43. The molecule has 0 aliphatic carbocycles. The molecule has 0 radical (unpaired) electrons. The zero-order valence-electron chi connectivity index (χ0n) is 14.7. The van der Waals surface area contributed by atoms with Crippen LogP contribution < -0.4 is 16.0 Å². The van der Waals surface area contributed by atoms with Gasteiger partial charge < -0.3 is 20.7 Å². The quantitative estimate of drug-likeness (QED) is 0.770. The molecule has 6 nitrogen and oxygen atoms in total. The van der Waals surface area contributed by atoms with Crippen LogP contribution in [0.2, 0.25) is 0 Å². The van der Waals surface area contributed by atoms with E-state index < -0.39 is 0 Å². The highest BCUT2D eigenvalue weighted by atomic mass is 16.5. The minimum atomic E-state index is -0.364. The van der Waals surface area contributed by atoms with Crippen molar-refractivity contribution in [2.45, 2.75) is 32.4 Å². The van der Waals surface area contributed by atoms with E-state index in [1.54, 1.807) is 0 Å². The molecule has 1 fully saturated rings. The highest BCUT2D eigenvalue weighted by Gasteiger charge is 2.23. The maximum atomic E-state index is 12.1. The van der Waals surface area contributed by atoms with Crippen molar-refractivity contribution >= 4 is 23.3 Å². The van der Waals surface area contributed by atoms with Crippen molar-refractivity contribution in [3.63, 3.8) is 0 Å². The van der Waals surface area contributed by atoms with Crippen molar-refractivity contribution in [2.24, 2.45) is 0 Å². The predicted molar refractivity (Wildman–Crippen MR) is 101 cm³/mol. The number of carbonyl (C=O) groups excluding carboxylic acids is 2. The Hall–Kier alpha value is -2.86. The van der Waals surface area contributed by atoms with Crippen LogP contribution in [-0.2, 0) is 16.1 Å². The molecule has 2 aromatic rings. The van der Waals surface area contributed by atoms with Gasteiger partial charge in [-0.15, -0.1) is 0 Å². The third-order valence-corrected chi connectivity index (χ3v) is 4.15. The normalized spacial score (nSPS) is 16.1. The van der Waals surface area contributed by atoms with E-state index in [0.29, 0.717) is 18.8 Å². The molecule has 1 aliphatic heterocycles. The number of benzene rings is 2. The molecule has 2 aromatic carbocycles. The Labute approximate surface area is 152 Å². The van der Waals surface area contributed by atoms with E-state index in [1.165, 1.54) is 0 Å². The van der Waals surface area contributed by atoms with Crippen molar-refractivity contribution in [2.75, 3.05) is 17.2 Å². The van der Waals surface area contributed by atoms with Crippen LogP contribution in [-0.4, -0.2) is 24.6 Å². The fourth-order valence-electron chi connectivity index (χ4n) is 2.85. The summed E-state index contributed by atoms with van der Waals surface area (Å²) in [4.78, 5) is 24.1. The summed E-state index contributed by atoms with van der Waals surface area (Å²) in [6.07, 6.45) is 1.31. The number of anilines is 2. The average Bonchev–Trinajstić information content (AvgIpc) is 3.15. The number of urea groups is 1. The maximum absolute atomic E-state index is 12.1. The monoisotopic (exact) mass is 353 g/mol. The molecular formula is C20H23N3O3. The number of carbonyl (C=O) groups is 2. The molecular weight excluding hydrogens is 330 g/mol. The fourth-order valence-corrected chi connectivity index (χ4v) is 2.85. The minimum absolute atomic E-state index is 0.121. The Morgan fingerprint density at radius 2 is 1.85 bits per heavy atom. The molecule has 0 bridgehead atoms. The second kappa shape index (κ2) is 8.49. The largest absolute Gasteiger partial charge is 0.368 e. The molecule has 1 aliphatic rings. The van der Waals surface area contributed by atoms with Gasteiger partial charge in [0.25, 0.3) is 5.91 Å². The lowest BCUT2D eigenvalue weighted by atomic mass is 10.2. The van der Waals surface area contributed by atoms with E-state index in [9.17, 15) is 9.59 Å². The molecule has 0 spiro atoms. The number of hydrogen-bond acceptors (Lipinski definition) is 3. The second-order valence-electron chi connectivity index (χ2n) is 6.37. The Kier molecular flexibility index (Phi) is 5.86. The summed E-state index contributed by atoms with van der Waals surface area (Å²) in [7, 11) is 0. The summed E-state index contributed by atoms with van der Waals surface area (Å²) in [5.74, 6) is -0.121. The van der Waals surface area contributed by atoms with E-state index in [-0.39, 0.29) is 18.0 Å². The molecule has 0 aromatic heterocycles. The fraction of sp³-hybridized carbons (Fsp3) is 0.300. The Morgan fingerprint density at radius 3 is 2.58 bits per heavy atom. The lowest BCUT2D eigenvalue weighted by Gasteiger charge is -2.12. The third-order valence-electron chi connectivity index (χ3n) is 4.15. The summed E-state index contributed by atoms with van der Waals surface area (Å²) in [6, 6.07) is 14.8. The molecule has 26 heavy (non-hydrogen) atoms. The average molecular weight is 353 g/mol. The van der Waals surface area contributed by atoms with Crippen LogP contribution in [0.5, 0.6) is 0 Å². The smallest absolute Gasteiger partial charge is 0.319 e. The van der Waals surface area contributed by atoms with Gasteiger partial charge in [-0.1, -0.05) is 24.3 Å². The number of nitrogens with one attached hydrogen (secondary N) is 3. The highest BCUT2D eigenvalue weighted by Crippen LogP contribution is 2.16. The molecule has 0 saturated carbocycles. The van der Waals surface area contributed by atoms with Crippen LogP contribution >= 0.6 is 0 Å². The molecule has 3 rings (SSSR count). The van der Waals surface area contributed by atoms with Gasteiger partial charge in [-0.25, -0.2) is 4.79 Å².